The van der Waals surface area contributed by atoms with Crippen LogP contribution in [0.25, 0.3) is 0 Å². The molecular formula is C11H13BrN2OS. The average molecular weight is 301 g/mol. The van der Waals surface area contributed by atoms with E-state index in [0.29, 0.717) is 10.4 Å². The summed E-state index contributed by atoms with van der Waals surface area (Å²) in [6.45, 7) is 0.741. The highest BCUT2D eigenvalue weighted by atomic mass is 79.9. The number of amides is 1. The Hall–Kier alpha value is -0.550. The van der Waals surface area contributed by atoms with Crippen LogP contribution >= 0.6 is 27.7 Å². The first kappa shape index (κ1) is 11.9. The third kappa shape index (κ3) is 2.77. The van der Waals surface area contributed by atoms with Crippen molar-refractivity contribution in [2.24, 2.45) is 0 Å². The standard InChI is InChI=1S/C11H13BrN2OS/c1-16-11(4-5-11)7-14-10(15)9-3-2-8(12)6-13-9/h2-3,6H,4-5,7H2,1H3,(H,14,15). The van der Waals surface area contributed by atoms with Crippen LogP contribution in [0.15, 0.2) is 22.8 Å². The maximum absolute atomic E-state index is 11.7. The summed E-state index contributed by atoms with van der Waals surface area (Å²) < 4.78 is 1.18. The maximum atomic E-state index is 11.7. The van der Waals surface area contributed by atoms with E-state index in [4.69, 9.17) is 0 Å². The van der Waals surface area contributed by atoms with Gasteiger partial charge in [-0.25, -0.2) is 4.98 Å². The molecule has 0 radical (unpaired) electrons. The van der Waals surface area contributed by atoms with Crippen LogP contribution in [-0.2, 0) is 0 Å². The van der Waals surface area contributed by atoms with Gasteiger partial charge >= 0.3 is 0 Å². The van der Waals surface area contributed by atoms with E-state index in [9.17, 15) is 4.79 Å². The molecule has 0 unspecified atom stereocenters. The quantitative estimate of drug-likeness (QED) is 0.929. The van der Waals surface area contributed by atoms with Crippen LogP contribution in [0, 0.1) is 0 Å². The molecule has 1 fully saturated rings. The molecule has 1 N–H and O–H groups in total. The Kier molecular flexibility index (Phi) is 3.54. The summed E-state index contributed by atoms with van der Waals surface area (Å²) in [5.41, 5.74) is 0.472. The van der Waals surface area contributed by atoms with E-state index >= 15 is 0 Å². The van der Waals surface area contributed by atoms with Crippen molar-refractivity contribution >= 4 is 33.6 Å². The van der Waals surface area contributed by atoms with Gasteiger partial charge in [-0.2, -0.15) is 11.8 Å². The van der Waals surface area contributed by atoms with Gasteiger partial charge in [0.05, 0.1) is 0 Å². The van der Waals surface area contributed by atoms with E-state index in [-0.39, 0.29) is 5.91 Å². The molecule has 86 valence electrons. The van der Waals surface area contributed by atoms with E-state index in [0.717, 1.165) is 11.0 Å². The third-order valence-electron chi connectivity index (χ3n) is 2.77. The van der Waals surface area contributed by atoms with E-state index in [1.807, 2.05) is 17.8 Å². The monoisotopic (exact) mass is 300 g/mol. The van der Waals surface area contributed by atoms with E-state index in [1.54, 1.807) is 12.3 Å². The summed E-state index contributed by atoms with van der Waals surface area (Å²) in [6.07, 6.45) is 6.12. The minimum absolute atomic E-state index is 0.0900. The zero-order valence-corrected chi connectivity index (χ0v) is 11.4. The van der Waals surface area contributed by atoms with Gasteiger partial charge in [0.1, 0.15) is 5.69 Å². The fraction of sp³-hybridized carbons (Fsp3) is 0.455. The summed E-state index contributed by atoms with van der Waals surface area (Å²) in [7, 11) is 0. The lowest BCUT2D eigenvalue weighted by molar-refractivity contribution is 0.0948. The van der Waals surface area contributed by atoms with E-state index < -0.39 is 0 Å². The van der Waals surface area contributed by atoms with Crippen molar-refractivity contribution in [3.63, 3.8) is 0 Å². The number of pyridine rings is 1. The lowest BCUT2D eigenvalue weighted by Gasteiger charge is -2.12. The summed E-state index contributed by atoms with van der Waals surface area (Å²) in [5.74, 6) is -0.0900. The Bertz CT molecular complexity index is 389. The number of carbonyl (C=O) groups excluding carboxylic acids is 1. The van der Waals surface area contributed by atoms with Crippen molar-refractivity contribution < 1.29 is 4.79 Å². The van der Waals surface area contributed by atoms with Crippen LogP contribution in [-0.4, -0.2) is 28.4 Å². The van der Waals surface area contributed by atoms with Gasteiger partial charge in [0, 0.05) is 22.0 Å². The largest absolute Gasteiger partial charge is 0.349 e. The van der Waals surface area contributed by atoms with Gasteiger partial charge in [-0.15, -0.1) is 0 Å². The summed E-state index contributed by atoms with van der Waals surface area (Å²) in [5, 5.41) is 2.93. The molecular weight excluding hydrogens is 288 g/mol. The molecule has 1 amide bonds. The Labute approximate surface area is 108 Å². The first-order valence-electron chi connectivity index (χ1n) is 5.10. The van der Waals surface area contributed by atoms with Crippen LogP contribution in [0.1, 0.15) is 23.3 Å². The Morgan fingerprint density at radius 2 is 2.38 bits per heavy atom. The van der Waals surface area contributed by atoms with Gasteiger partial charge in [-0.1, -0.05) is 0 Å². The number of aromatic nitrogens is 1. The first-order valence-corrected chi connectivity index (χ1v) is 7.12. The Balaban J connectivity index is 1.91. The van der Waals surface area contributed by atoms with E-state index in [1.165, 1.54) is 12.8 Å². The predicted molar refractivity (Wildman–Crippen MR) is 69.8 cm³/mol. The molecule has 1 saturated carbocycles. The molecule has 16 heavy (non-hydrogen) atoms. The van der Waals surface area contributed by atoms with Gasteiger partial charge in [-0.3, -0.25) is 4.79 Å². The maximum Gasteiger partial charge on any atom is 0.269 e. The summed E-state index contributed by atoms with van der Waals surface area (Å²) in [6, 6.07) is 3.54. The van der Waals surface area contributed by atoms with Crippen molar-refractivity contribution in [1.29, 1.82) is 0 Å². The van der Waals surface area contributed by atoms with Crippen molar-refractivity contribution in [3.8, 4) is 0 Å². The molecule has 1 aliphatic carbocycles. The number of rotatable bonds is 4. The highest BCUT2D eigenvalue weighted by Gasteiger charge is 2.41. The second kappa shape index (κ2) is 4.75. The topological polar surface area (TPSA) is 42.0 Å². The first-order chi connectivity index (χ1) is 7.65. The van der Waals surface area contributed by atoms with Gasteiger partial charge in [0.25, 0.3) is 5.91 Å². The second-order valence-electron chi connectivity index (χ2n) is 3.93. The molecule has 0 saturated heterocycles. The highest BCUT2D eigenvalue weighted by molar-refractivity contribution is 9.10. The SMILES string of the molecule is CSC1(CNC(=O)c2ccc(Br)cn2)CC1. The minimum Gasteiger partial charge on any atom is -0.349 e. The Morgan fingerprint density at radius 1 is 1.62 bits per heavy atom. The average Bonchev–Trinajstić information content (AvgIpc) is 3.08. The molecule has 0 spiro atoms. The third-order valence-corrected chi connectivity index (χ3v) is 4.66. The highest BCUT2D eigenvalue weighted by Crippen LogP contribution is 2.46. The van der Waals surface area contributed by atoms with Gasteiger partial charge in [0.2, 0.25) is 0 Å². The molecule has 1 heterocycles. The zero-order valence-electron chi connectivity index (χ0n) is 9.00. The van der Waals surface area contributed by atoms with Crippen molar-refractivity contribution in [2.45, 2.75) is 17.6 Å². The number of hydrogen-bond acceptors (Lipinski definition) is 3. The molecule has 1 aromatic rings. The van der Waals surface area contributed by atoms with E-state index in [2.05, 4.69) is 32.5 Å². The fourth-order valence-corrected chi connectivity index (χ4v) is 2.40. The van der Waals surface area contributed by atoms with Crippen LogP contribution < -0.4 is 5.32 Å². The second-order valence-corrected chi connectivity index (χ2v) is 6.12. The lowest BCUT2D eigenvalue weighted by Crippen LogP contribution is -2.32. The van der Waals surface area contributed by atoms with Gasteiger partial charge in [-0.05, 0) is 47.2 Å². The van der Waals surface area contributed by atoms with Gasteiger partial charge < -0.3 is 5.32 Å². The number of thioether (sulfide) groups is 1. The van der Waals surface area contributed by atoms with Crippen LogP contribution in [0.2, 0.25) is 0 Å². The van der Waals surface area contributed by atoms with Gasteiger partial charge in [0.15, 0.2) is 0 Å². The van der Waals surface area contributed by atoms with Crippen molar-refractivity contribution in [3.05, 3.63) is 28.5 Å². The lowest BCUT2D eigenvalue weighted by atomic mass is 10.3. The number of carbonyl (C=O) groups is 1. The molecule has 5 heteroatoms. The van der Waals surface area contributed by atoms with Crippen molar-refractivity contribution in [1.82, 2.24) is 10.3 Å². The summed E-state index contributed by atoms with van der Waals surface area (Å²) >= 11 is 5.12. The Morgan fingerprint density at radius 3 is 2.88 bits per heavy atom. The number of nitrogens with zero attached hydrogens (tertiary/aromatic N) is 1. The molecule has 0 atom stereocenters. The predicted octanol–water partition coefficient (Wildman–Crippen LogP) is 2.47. The van der Waals surface area contributed by atoms with Crippen LogP contribution in [0.3, 0.4) is 0 Å². The van der Waals surface area contributed by atoms with Crippen molar-refractivity contribution in [2.75, 3.05) is 12.8 Å². The summed E-state index contributed by atoms with van der Waals surface area (Å²) in [4.78, 5) is 15.8. The smallest absolute Gasteiger partial charge is 0.269 e. The van der Waals surface area contributed by atoms with Crippen LogP contribution in [0.4, 0.5) is 0 Å². The number of halogens is 1. The zero-order chi connectivity index (χ0) is 11.6. The molecule has 1 aromatic heterocycles. The number of nitrogens with one attached hydrogen (secondary N) is 1. The number of hydrogen-bond donors (Lipinski definition) is 1. The molecule has 0 aliphatic heterocycles. The fourth-order valence-electron chi connectivity index (χ4n) is 1.43. The molecule has 1 aliphatic rings. The molecule has 2 rings (SSSR count). The minimum atomic E-state index is -0.0900. The molecule has 0 aromatic carbocycles. The normalized spacial score (nSPS) is 16.9. The molecule has 0 bridgehead atoms. The molecule has 3 nitrogen and oxygen atoms in total. The van der Waals surface area contributed by atoms with Crippen LogP contribution in [0.5, 0.6) is 0 Å².